The summed E-state index contributed by atoms with van der Waals surface area (Å²) in [4.78, 5) is 23.6. The van der Waals surface area contributed by atoms with Crippen molar-refractivity contribution in [1.82, 2.24) is 0 Å². The average molecular weight is 388 g/mol. The Hall–Kier alpha value is -2.81. The van der Waals surface area contributed by atoms with Crippen molar-refractivity contribution in [2.75, 3.05) is 23.8 Å². The average Bonchev–Trinajstić information content (AvgIpc) is 2.53. The van der Waals surface area contributed by atoms with E-state index < -0.39 is 22.6 Å². The highest BCUT2D eigenvalue weighted by Gasteiger charge is 2.33. The van der Waals surface area contributed by atoms with Gasteiger partial charge < -0.3 is 10.2 Å². The first-order chi connectivity index (χ1) is 12.1. The van der Waals surface area contributed by atoms with E-state index in [4.69, 9.17) is 11.6 Å². The number of nitro benzene ring substituents is 1. The topological polar surface area (TPSA) is 75.5 Å². The van der Waals surface area contributed by atoms with E-state index in [-0.39, 0.29) is 22.9 Å². The summed E-state index contributed by atoms with van der Waals surface area (Å²) >= 11 is 5.97. The first-order valence-corrected chi connectivity index (χ1v) is 7.58. The zero-order valence-corrected chi connectivity index (χ0v) is 14.1. The van der Waals surface area contributed by atoms with E-state index in [9.17, 15) is 28.1 Å². The zero-order valence-electron chi connectivity index (χ0n) is 13.4. The summed E-state index contributed by atoms with van der Waals surface area (Å²) in [5.41, 5.74) is -1.19. The van der Waals surface area contributed by atoms with Crippen molar-refractivity contribution in [3.05, 3.63) is 63.2 Å². The van der Waals surface area contributed by atoms with Crippen molar-refractivity contribution in [3.63, 3.8) is 0 Å². The normalized spacial score (nSPS) is 11.1. The summed E-state index contributed by atoms with van der Waals surface area (Å²) in [6.07, 6.45) is -4.60. The Morgan fingerprint density at radius 2 is 1.92 bits per heavy atom. The number of nitro groups is 1. The van der Waals surface area contributed by atoms with Gasteiger partial charge in [-0.15, -0.1) is 0 Å². The number of nitrogens with zero attached hydrogens (tertiary/aromatic N) is 2. The molecule has 10 heteroatoms. The molecule has 2 aromatic rings. The van der Waals surface area contributed by atoms with Gasteiger partial charge >= 0.3 is 6.18 Å². The number of carbonyl (C=O) groups is 1. The molecule has 0 saturated carbocycles. The number of non-ortho nitro benzene ring substituents is 1. The third-order valence-electron chi connectivity index (χ3n) is 3.44. The lowest BCUT2D eigenvalue weighted by atomic mass is 10.1. The number of likely N-dealkylation sites (N-methyl/N-ethyl adjacent to an activating group) is 1. The van der Waals surface area contributed by atoms with Crippen LogP contribution in [0, 0.1) is 10.1 Å². The minimum atomic E-state index is -4.60. The smallest absolute Gasteiger partial charge is 0.364 e. The van der Waals surface area contributed by atoms with Crippen LogP contribution in [0.3, 0.4) is 0 Å². The summed E-state index contributed by atoms with van der Waals surface area (Å²) in [6.45, 7) is -0.302. The van der Waals surface area contributed by atoms with Gasteiger partial charge in [0.25, 0.3) is 5.69 Å². The van der Waals surface area contributed by atoms with Gasteiger partial charge in [0.1, 0.15) is 0 Å². The highest BCUT2D eigenvalue weighted by atomic mass is 35.5. The van der Waals surface area contributed by atoms with Gasteiger partial charge in [-0.25, -0.2) is 0 Å². The van der Waals surface area contributed by atoms with Gasteiger partial charge in [0.05, 0.1) is 33.4 Å². The van der Waals surface area contributed by atoms with Crippen LogP contribution in [-0.2, 0) is 11.0 Å². The molecule has 0 radical (unpaired) electrons. The maximum atomic E-state index is 12.9. The number of benzene rings is 2. The fraction of sp³-hybridized carbons (Fsp3) is 0.188. The van der Waals surface area contributed by atoms with Gasteiger partial charge in [0.2, 0.25) is 5.91 Å². The Kier molecular flexibility index (Phi) is 5.71. The van der Waals surface area contributed by atoms with Crippen LogP contribution in [0.4, 0.5) is 30.2 Å². The van der Waals surface area contributed by atoms with E-state index in [2.05, 4.69) is 5.32 Å². The van der Waals surface area contributed by atoms with E-state index >= 15 is 0 Å². The third-order valence-corrected chi connectivity index (χ3v) is 3.74. The third kappa shape index (κ3) is 4.63. The molecule has 0 aliphatic heterocycles. The number of anilines is 2. The quantitative estimate of drug-likeness (QED) is 0.611. The molecule has 0 aliphatic carbocycles. The SMILES string of the molecule is CN(CC(=O)Nc1ccccc1C(F)(F)F)c1ccc([N+](=O)[O-])cc1Cl. The van der Waals surface area contributed by atoms with Crippen molar-refractivity contribution in [2.45, 2.75) is 6.18 Å². The maximum Gasteiger partial charge on any atom is 0.418 e. The van der Waals surface area contributed by atoms with Crippen molar-refractivity contribution < 1.29 is 22.9 Å². The second kappa shape index (κ2) is 7.61. The van der Waals surface area contributed by atoms with Gasteiger partial charge in [-0.2, -0.15) is 13.2 Å². The summed E-state index contributed by atoms with van der Waals surface area (Å²) in [5.74, 6) is -0.696. The van der Waals surface area contributed by atoms with Gasteiger partial charge in [-0.05, 0) is 18.2 Å². The number of carbonyl (C=O) groups excluding carboxylic acids is 1. The predicted octanol–water partition coefficient (Wildman–Crippen LogP) is 4.34. The van der Waals surface area contributed by atoms with Crippen LogP contribution in [0.1, 0.15) is 5.56 Å². The second-order valence-electron chi connectivity index (χ2n) is 5.34. The molecule has 1 N–H and O–H groups in total. The molecule has 0 saturated heterocycles. The minimum Gasteiger partial charge on any atom is -0.364 e. The summed E-state index contributed by atoms with van der Waals surface area (Å²) < 4.78 is 38.8. The zero-order chi connectivity index (χ0) is 19.5. The van der Waals surface area contributed by atoms with Gasteiger partial charge in [0.15, 0.2) is 0 Å². The molecule has 1 amide bonds. The Balaban J connectivity index is 2.13. The lowest BCUT2D eigenvalue weighted by molar-refractivity contribution is -0.384. The Morgan fingerprint density at radius 1 is 1.27 bits per heavy atom. The van der Waals surface area contributed by atoms with Gasteiger partial charge in [0, 0.05) is 19.2 Å². The van der Waals surface area contributed by atoms with Crippen molar-refractivity contribution in [3.8, 4) is 0 Å². The predicted molar refractivity (Wildman–Crippen MR) is 91.5 cm³/mol. The molecule has 0 aliphatic rings. The summed E-state index contributed by atoms with van der Waals surface area (Å²) in [7, 11) is 1.49. The van der Waals surface area contributed by atoms with E-state index in [1.54, 1.807) is 0 Å². The summed E-state index contributed by atoms with van der Waals surface area (Å²) in [6, 6.07) is 8.32. The molecule has 138 valence electrons. The maximum absolute atomic E-state index is 12.9. The molecule has 0 atom stereocenters. The first kappa shape index (κ1) is 19.5. The van der Waals surface area contributed by atoms with Crippen molar-refractivity contribution >= 4 is 34.6 Å². The Labute approximate surface area is 151 Å². The number of amides is 1. The fourth-order valence-electron chi connectivity index (χ4n) is 2.25. The van der Waals surface area contributed by atoms with Crippen molar-refractivity contribution in [1.29, 1.82) is 0 Å². The van der Waals surface area contributed by atoms with Gasteiger partial charge in [-0.1, -0.05) is 23.7 Å². The van der Waals surface area contributed by atoms with E-state index in [1.165, 1.54) is 36.2 Å². The largest absolute Gasteiger partial charge is 0.418 e. The molecular formula is C16H13ClF3N3O3. The highest BCUT2D eigenvalue weighted by molar-refractivity contribution is 6.33. The molecule has 0 bridgehead atoms. The van der Waals surface area contributed by atoms with E-state index in [1.807, 2.05) is 0 Å². The van der Waals surface area contributed by atoms with Crippen LogP contribution in [0.15, 0.2) is 42.5 Å². The molecule has 26 heavy (non-hydrogen) atoms. The Bertz CT molecular complexity index is 843. The van der Waals surface area contributed by atoms with Crippen molar-refractivity contribution in [2.24, 2.45) is 0 Å². The fourth-order valence-corrected chi connectivity index (χ4v) is 2.57. The first-order valence-electron chi connectivity index (χ1n) is 7.20. The highest BCUT2D eigenvalue weighted by Crippen LogP contribution is 2.34. The molecular weight excluding hydrogens is 375 g/mol. The van der Waals surface area contributed by atoms with E-state index in [0.29, 0.717) is 5.69 Å². The number of hydrogen-bond acceptors (Lipinski definition) is 4. The molecule has 2 aromatic carbocycles. The number of hydrogen-bond donors (Lipinski definition) is 1. The van der Waals surface area contributed by atoms with Crippen LogP contribution in [-0.4, -0.2) is 24.4 Å². The second-order valence-corrected chi connectivity index (χ2v) is 5.75. The monoisotopic (exact) mass is 387 g/mol. The molecule has 2 rings (SSSR count). The number of para-hydroxylation sites is 1. The number of nitrogens with one attached hydrogen (secondary N) is 1. The lowest BCUT2D eigenvalue weighted by Crippen LogP contribution is -2.30. The van der Waals surface area contributed by atoms with Crippen LogP contribution in [0.2, 0.25) is 5.02 Å². The standard InChI is InChI=1S/C16H13ClF3N3O3/c1-22(14-7-6-10(23(25)26)8-12(14)17)9-15(24)21-13-5-3-2-4-11(13)16(18,19)20/h2-8H,9H2,1H3,(H,21,24). The van der Waals surface area contributed by atoms with Crippen LogP contribution in [0.25, 0.3) is 0 Å². The molecule has 0 spiro atoms. The molecule has 0 unspecified atom stereocenters. The number of rotatable bonds is 5. The molecule has 0 heterocycles. The molecule has 0 aromatic heterocycles. The minimum absolute atomic E-state index is 0.0465. The van der Waals surface area contributed by atoms with Crippen LogP contribution >= 0.6 is 11.6 Å². The van der Waals surface area contributed by atoms with Crippen LogP contribution in [0.5, 0.6) is 0 Å². The van der Waals surface area contributed by atoms with Gasteiger partial charge in [-0.3, -0.25) is 14.9 Å². The van der Waals surface area contributed by atoms with Crippen LogP contribution < -0.4 is 10.2 Å². The van der Waals surface area contributed by atoms with E-state index in [0.717, 1.165) is 18.2 Å². The molecule has 0 fully saturated rings. The number of alkyl halides is 3. The Morgan fingerprint density at radius 3 is 2.50 bits per heavy atom. The summed E-state index contributed by atoms with van der Waals surface area (Å²) in [5, 5.41) is 13.0. The number of halogens is 4. The molecule has 6 nitrogen and oxygen atoms in total. The lowest BCUT2D eigenvalue weighted by Gasteiger charge is -2.20.